The molecular weight excluding hydrogens is 230 g/mol. The third-order valence-corrected chi connectivity index (χ3v) is 2.61. The predicted octanol–water partition coefficient (Wildman–Crippen LogP) is 0.886. The maximum Gasteiger partial charge on any atom is 0.238 e. The summed E-state index contributed by atoms with van der Waals surface area (Å²) in [5.41, 5.74) is 0. The van der Waals surface area contributed by atoms with E-state index in [1.54, 1.807) is 0 Å². The zero-order valence-corrected chi connectivity index (χ0v) is 9.83. The Morgan fingerprint density at radius 2 is 2.25 bits per heavy atom. The molecule has 1 amide bonds. The third-order valence-electron chi connectivity index (χ3n) is 2.20. The van der Waals surface area contributed by atoms with Gasteiger partial charge in [0.1, 0.15) is 5.38 Å². The van der Waals surface area contributed by atoms with Crippen LogP contribution in [0.2, 0.25) is 0 Å². The summed E-state index contributed by atoms with van der Waals surface area (Å²) in [5, 5.41) is 2.15. The molecule has 1 unspecified atom stereocenters. The lowest BCUT2D eigenvalue weighted by molar-refractivity contribution is -0.123. The van der Waals surface area contributed by atoms with Crippen molar-refractivity contribution in [1.82, 2.24) is 5.32 Å². The van der Waals surface area contributed by atoms with E-state index in [0.29, 0.717) is 32.6 Å². The Bertz CT molecular complexity index is 258. The van der Waals surface area contributed by atoms with Crippen LogP contribution in [0.4, 0.5) is 0 Å². The number of ether oxygens (including phenoxy) is 2. The number of nitrogens with one attached hydrogen (secondary N) is 1. The van der Waals surface area contributed by atoms with E-state index in [0.717, 1.165) is 6.42 Å². The van der Waals surface area contributed by atoms with Gasteiger partial charge in [0.05, 0.1) is 19.8 Å². The molecule has 16 heavy (non-hydrogen) atoms. The van der Waals surface area contributed by atoms with Crippen molar-refractivity contribution in [3.8, 4) is 12.3 Å². The van der Waals surface area contributed by atoms with Crippen molar-refractivity contribution in [3.05, 3.63) is 0 Å². The highest BCUT2D eigenvalue weighted by Gasteiger charge is 2.19. The molecule has 1 heterocycles. The zero-order valence-electron chi connectivity index (χ0n) is 9.08. The van der Waals surface area contributed by atoms with Gasteiger partial charge in [0.2, 0.25) is 5.91 Å². The Hall–Kier alpha value is -0.760. The van der Waals surface area contributed by atoms with E-state index in [4.69, 9.17) is 27.5 Å². The molecule has 0 saturated carbocycles. The van der Waals surface area contributed by atoms with Crippen molar-refractivity contribution in [3.63, 3.8) is 0 Å². The molecule has 1 N–H and O–H groups in total. The van der Waals surface area contributed by atoms with Gasteiger partial charge in [-0.05, 0) is 12.8 Å². The van der Waals surface area contributed by atoms with E-state index in [1.807, 2.05) is 0 Å². The number of rotatable bonds is 6. The first-order valence-corrected chi connectivity index (χ1v) is 5.76. The maximum absolute atomic E-state index is 11.5. The lowest BCUT2D eigenvalue weighted by Crippen LogP contribution is -2.37. The molecule has 0 aromatic carbocycles. The van der Waals surface area contributed by atoms with Crippen LogP contribution in [0.5, 0.6) is 0 Å². The molecule has 0 aromatic heterocycles. The van der Waals surface area contributed by atoms with Crippen molar-refractivity contribution >= 4 is 17.5 Å². The van der Waals surface area contributed by atoms with Crippen LogP contribution < -0.4 is 5.32 Å². The van der Waals surface area contributed by atoms with Crippen molar-refractivity contribution in [2.24, 2.45) is 0 Å². The molecule has 1 aliphatic heterocycles. The molecule has 1 aliphatic rings. The molecule has 1 atom stereocenters. The van der Waals surface area contributed by atoms with Gasteiger partial charge in [-0.1, -0.05) is 0 Å². The molecule has 0 spiro atoms. The molecule has 0 aromatic rings. The molecule has 4 nitrogen and oxygen atoms in total. The Morgan fingerprint density at radius 1 is 1.56 bits per heavy atom. The van der Waals surface area contributed by atoms with Gasteiger partial charge >= 0.3 is 0 Å². The standard InChI is InChI=1S/C11H16ClNO3/c1-2-3-4-5-9(12)11(14)13-8-10-15-6-7-16-10/h1,9-10H,3-8H2,(H,13,14). The molecule has 5 heteroatoms. The van der Waals surface area contributed by atoms with E-state index in [9.17, 15) is 4.79 Å². The Morgan fingerprint density at radius 3 is 2.88 bits per heavy atom. The second-order valence-corrected chi connectivity index (χ2v) is 4.01. The van der Waals surface area contributed by atoms with Crippen molar-refractivity contribution in [2.75, 3.05) is 19.8 Å². The first-order chi connectivity index (χ1) is 7.74. The molecule has 1 saturated heterocycles. The van der Waals surface area contributed by atoms with Gasteiger partial charge in [-0.15, -0.1) is 23.9 Å². The predicted molar refractivity (Wildman–Crippen MR) is 61.0 cm³/mol. The molecule has 1 fully saturated rings. The molecular formula is C11H16ClNO3. The highest BCUT2D eigenvalue weighted by molar-refractivity contribution is 6.30. The Balaban J connectivity index is 2.10. The lowest BCUT2D eigenvalue weighted by atomic mass is 10.2. The van der Waals surface area contributed by atoms with E-state index in [2.05, 4.69) is 11.2 Å². The van der Waals surface area contributed by atoms with Crippen LogP contribution in [0.25, 0.3) is 0 Å². The molecule has 0 aliphatic carbocycles. The minimum atomic E-state index is -0.533. The number of halogens is 1. The summed E-state index contributed by atoms with van der Waals surface area (Å²) in [7, 11) is 0. The quantitative estimate of drug-likeness (QED) is 0.430. The topological polar surface area (TPSA) is 47.6 Å². The minimum Gasteiger partial charge on any atom is -0.350 e. The van der Waals surface area contributed by atoms with Crippen LogP contribution in [0.1, 0.15) is 19.3 Å². The summed E-state index contributed by atoms with van der Waals surface area (Å²) in [4.78, 5) is 11.5. The van der Waals surface area contributed by atoms with Crippen molar-refractivity contribution in [2.45, 2.75) is 30.9 Å². The number of terminal acetylenes is 1. The summed E-state index contributed by atoms with van der Waals surface area (Å²) >= 11 is 5.89. The molecule has 0 radical (unpaired) electrons. The average molecular weight is 246 g/mol. The van der Waals surface area contributed by atoms with E-state index in [1.165, 1.54) is 0 Å². The molecule has 1 rings (SSSR count). The largest absolute Gasteiger partial charge is 0.350 e. The van der Waals surface area contributed by atoms with Gasteiger partial charge in [-0.3, -0.25) is 4.79 Å². The van der Waals surface area contributed by atoms with E-state index >= 15 is 0 Å². The fourth-order valence-corrected chi connectivity index (χ4v) is 1.57. The van der Waals surface area contributed by atoms with Crippen molar-refractivity contribution in [1.29, 1.82) is 0 Å². The summed E-state index contributed by atoms with van der Waals surface area (Å²) in [6.07, 6.45) is 6.76. The zero-order chi connectivity index (χ0) is 11.8. The third kappa shape index (κ3) is 4.84. The highest BCUT2D eigenvalue weighted by Crippen LogP contribution is 2.08. The van der Waals surface area contributed by atoms with Crippen LogP contribution in [0.15, 0.2) is 0 Å². The molecule has 0 bridgehead atoms. The van der Waals surface area contributed by atoms with Gasteiger partial charge in [-0.2, -0.15) is 0 Å². The van der Waals surface area contributed by atoms with Crippen LogP contribution >= 0.6 is 11.6 Å². The van der Waals surface area contributed by atoms with Crippen molar-refractivity contribution < 1.29 is 14.3 Å². The van der Waals surface area contributed by atoms with Crippen LogP contribution in [-0.2, 0) is 14.3 Å². The number of hydrogen-bond donors (Lipinski definition) is 1. The number of carbonyl (C=O) groups is 1. The highest BCUT2D eigenvalue weighted by atomic mass is 35.5. The first-order valence-electron chi connectivity index (χ1n) is 5.32. The molecule has 90 valence electrons. The van der Waals surface area contributed by atoms with Crippen LogP contribution in [-0.4, -0.2) is 37.3 Å². The number of carbonyl (C=O) groups excluding carboxylic acids is 1. The monoisotopic (exact) mass is 245 g/mol. The average Bonchev–Trinajstić information content (AvgIpc) is 2.79. The van der Waals surface area contributed by atoms with E-state index < -0.39 is 5.38 Å². The number of alkyl halides is 1. The maximum atomic E-state index is 11.5. The van der Waals surface area contributed by atoms with Gasteiger partial charge in [0.25, 0.3) is 0 Å². The van der Waals surface area contributed by atoms with E-state index in [-0.39, 0.29) is 12.2 Å². The summed E-state index contributed by atoms with van der Waals surface area (Å²) < 4.78 is 10.4. The lowest BCUT2D eigenvalue weighted by Gasteiger charge is -2.12. The normalized spacial score (nSPS) is 18.0. The van der Waals surface area contributed by atoms with Gasteiger partial charge in [-0.25, -0.2) is 0 Å². The summed E-state index contributed by atoms with van der Waals surface area (Å²) in [5.74, 6) is 2.31. The van der Waals surface area contributed by atoms with Crippen LogP contribution in [0.3, 0.4) is 0 Å². The Kier molecular flexibility index (Phi) is 6.24. The SMILES string of the molecule is C#CCCCC(Cl)C(=O)NCC1OCCO1. The number of hydrogen-bond acceptors (Lipinski definition) is 3. The summed E-state index contributed by atoms with van der Waals surface area (Å²) in [6, 6.07) is 0. The van der Waals surface area contributed by atoms with Gasteiger partial charge < -0.3 is 14.8 Å². The van der Waals surface area contributed by atoms with Crippen LogP contribution in [0, 0.1) is 12.3 Å². The van der Waals surface area contributed by atoms with Gasteiger partial charge in [0, 0.05) is 6.42 Å². The number of amides is 1. The second kappa shape index (κ2) is 7.50. The smallest absolute Gasteiger partial charge is 0.238 e. The minimum absolute atomic E-state index is 0.196. The Labute approximate surface area is 101 Å². The second-order valence-electron chi connectivity index (χ2n) is 3.48. The first kappa shape index (κ1) is 13.3. The fourth-order valence-electron chi connectivity index (χ4n) is 1.33. The fraction of sp³-hybridized carbons (Fsp3) is 0.727. The number of unbranched alkanes of at least 4 members (excludes halogenated alkanes) is 1. The summed E-state index contributed by atoms with van der Waals surface area (Å²) in [6.45, 7) is 1.50. The van der Waals surface area contributed by atoms with Gasteiger partial charge in [0.15, 0.2) is 6.29 Å².